The summed E-state index contributed by atoms with van der Waals surface area (Å²) >= 11 is 0. The Morgan fingerprint density at radius 2 is 1.64 bits per heavy atom. The molecule has 1 fully saturated rings. The molecule has 0 heterocycles. The molecule has 0 aliphatic heterocycles. The van der Waals surface area contributed by atoms with Crippen LogP contribution in [0.1, 0.15) is 36.8 Å². The minimum absolute atomic E-state index is 0.0776. The molecule has 0 spiro atoms. The van der Waals surface area contributed by atoms with Crippen molar-refractivity contribution in [1.29, 1.82) is 0 Å². The summed E-state index contributed by atoms with van der Waals surface area (Å²) in [4.78, 5) is 0. The smallest absolute Gasteiger partial charge is 0.0721 e. The second-order valence-corrected chi connectivity index (χ2v) is 6.21. The predicted molar refractivity (Wildman–Crippen MR) is 88.7 cm³/mol. The highest BCUT2D eigenvalue weighted by molar-refractivity contribution is 5.28. The van der Waals surface area contributed by atoms with Gasteiger partial charge in [-0.15, -0.1) is 0 Å². The Hall–Kier alpha value is -1.64. The molecule has 2 nitrogen and oxygen atoms in total. The minimum Gasteiger partial charge on any atom is -0.395 e. The van der Waals surface area contributed by atoms with Crippen molar-refractivity contribution in [3.63, 3.8) is 0 Å². The van der Waals surface area contributed by atoms with Gasteiger partial charge in [-0.1, -0.05) is 73.5 Å². The minimum atomic E-state index is -0.256. The van der Waals surface area contributed by atoms with E-state index in [-0.39, 0.29) is 18.1 Å². The van der Waals surface area contributed by atoms with Gasteiger partial charge in [-0.25, -0.2) is 0 Å². The van der Waals surface area contributed by atoms with Crippen LogP contribution in [0.5, 0.6) is 0 Å². The standard InChI is InChI=1S/C20H24O2/c21-16-20(18-11-5-2-6-12-18)14-8-7-13-19(20)22-15-17-9-3-1-4-10-17/h1-6,9-12,19,21H,7-8,13-16H2/t19-,20-/m0/s1. The van der Waals surface area contributed by atoms with Crippen LogP contribution >= 0.6 is 0 Å². The molecule has 0 bridgehead atoms. The number of hydrogen-bond acceptors (Lipinski definition) is 2. The lowest BCUT2D eigenvalue weighted by atomic mass is 9.68. The normalized spacial score (nSPS) is 25.0. The van der Waals surface area contributed by atoms with Crippen molar-refractivity contribution >= 4 is 0 Å². The summed E-state index contributed by atoms with van der Waals surface area (Å²) in [5, 5.41) is 10.2. The van der Waals surface area contributed by atoms with Crippen LogP contribution in [0.3, 0.4) is 0 Å². The average molecular weight is 296 g/mol. The van der Waals surface area contributed by atoms with E-state index in [2.05, 4.69) is 36.4 Å². The van der Waals surface area contributed by atoms with E-state index in [0.717, 1.165) is 19.3 Å². The highest BCUT2D eigenvalue weighted by atomic mass is 16.5. The largest absolute Gasteiger partial charge is 0.395 e. The molecule has 2 aromatic carbocycles. The van der Waals surface area contributed by atoms with E-state index >= 15 is 0 Å². The molecule has 1 N–H and O–H groups in total. The monoisotopic (exact) mass is 296 g/mol. The Balaban J connectivity index is 1.80. The lowest BCUT2D eigenvalue weighted by Gasteiger charge is -2.43. The van der Waals surface area contributed by atoms with Crippen molar-refractivity contribution in [1.82, 2.24) is 0 Å². The van der Waals surface area contributed by atoms with Gasteiger partial charge in [0.1, 0.15) is 0 Å². The first-order chi connectivity index (χ1) is 10.8. The van der Waals surface area contributed by atoms with Crippen molar-refractivity contribution in [2.75, 3.05) is 6.61 Å². The number of hydrogen-bond donors (Lipinski definition) is 1. The molecule has 1 aliphatic rings. The Morgan fingerprint density at radius 1 is 0.955 bits per heavy atom. The van der Waals surface area contributed by atoms with Gasteiger partial charge in [-0.2, -0.15) is 0 Å². The summed E-state index contributed by atoms with van der Waals surface area (Å²) in [6.45, 7) is 0.760. The third-order valence-corrected chi connectivity index (χ3v) is 4.88. The second kappa shape index (κ2) is 7.08. The van der Waals surface area contributed by atoms with E-state index in [1.807, 2.05) is 24.3 Å². The first kappa shape index (κ1) is 15.3. The zero-order valence-corrected chi connectivity index (χ0v) is 12.9. The number of benzene rings is 2. The fourth-order valence-electron chi connectivity index (χ4n) is 3.59. The molecule has 3 rings (SSSR count). The van der Waals surface area contributed by atoms with Gasteiger partial charge in [0, 0.05) is 5.41 Å². The Labute approximate surface area is 132 Å². The summed E-state index contributed by atoms with van der Waals surface area (Å²) in [7, 11) is 0. The van der Waals surface area contributed by atoms with Crippen LogP contribution in [0, 0.1) is 0 Å². The molecule has 0 saturated heterocycles. The van der Waals surface area contributed by atoms with Gasteiger partial charge in [0.25, 0.3) is 0 Å². The van der Waals surface area contributed by atoms with Crippen LogP contribution in [0.15, 0.2) is 60.7 Å². The van der Waals surface area contributed by atoms with Gasteiger partial charge in [0.15, 0.2) is 0 Å². The van der Waals surface area contributed by atoms with Gasteiger partial charge in [-0.05, 0) is 24.0 Å². The van der Waals surface area contributed by atoms with Gasteiger partial charge >= 0.3 is 0 Å². The molecule has 0 aromatic heterocycles. The molecule has 2 aromatic rings. The third-order valence-electron chi connectivity index (χ3n) is 4.88. The van der Waals surface area contributed by atoms with Crippen LogP contribution in [0.4, 0.5) is 0 Å². The molecule has 22 heavy (non-hydrogen) atoms. The number of aliphatic hydroxyl groups is 1. The van der Waals surface area contributed by atoms with E-state index in [9.17, 15) is 5.11 Å². The number of ether oxygens (including phenoxy) is 1. The zero-order valence-electron chi connectivity index (χ0n) is 12.9. The maximum atomic E-state index is 10.2. The zero-order chi connectivity index (χ0) is 15.3. The van der Waals surface area contributed by atoms with Crippen molar-refractivity contribution in [2.24, 2.45) is 0 Å². The summed E-state index contributed by atoms with van der Waals surface area (Å²) < 4.78 is 6.27. The Bertz CT molecular complexity index is 567. The maximum absolute atomic E-state index is 10.2. The van der Waals surface area contributed by atoms with Crippen molar-refractivity contribution < 1.29 is 9.84 Å². The fourth-order valence-corrected chi connectivity index (χ4v) is 3.59. The first-order valence-electron chi connectivity index (χ1n) is 8.17. The van der Waals surface area contributed by atoms with E-state index in [0.29, 0.717) is 6.61 Å². The molecule has 2 heteroatoms. The first-order valence-corrected chi connectivity index (χ1v) is 8.17. The highest BCUT2D eigenvalue weighted by Gasteiger charge is 2.42. The molecular weight excluding hydrogens is 272 g/mol. The second-order valence-electron chi connectivity index (χ2n) is 6.21. The van der Waals surface area contributed by atoms with Crippen LogP contribution < -0.4 is 0 Å². The third kappa shape index (κ3) is 3.08. The predicted octanol–water partition coefficient (Wildman–Crippen LogP) is 4.08. The Morgan fingerprint density at radius 3 is 2.32 bits per heavy atom. The van der Waals surface area contributed by atoms with Crippen LogP contribution in [0.25, 0.3) is 0 Å². The molecular formula is C20H24O2. The van der Waals surface area contributed by atoms with Gasteiger partial charge in [0.2, 0.25) is 0 Å². The Kier molecular flexibility index (Phi) is 4.91. The SMILES string of the molecule is OC[C@]1(c2ccccc2)CCCC[C@@H]1OCc1ccccc1. The summed E-state index contributed by atoms with van der Waals surface area (Å²) in [6.07, 6.45) is 4.41. The van der Waals surface area contributed by atoms with E-state index in [1.54, 1.807) is 0 Å². The van der Waals surface area contributed by atoms with Crippen LogP contribution in [-0.4, -0.2) is 17.8 Å². The summed E-state index contributed by atoms with van der Waals surface area (Å²) in [5.41, 5.74) is 2.14. The van der Waals surface area contributed by atoms with Crippen LogP contribution in [0.2, 0.25) is 0 Å². The van der Waals surface area contributed by atoms with Crippen molar-refractivity contribution in [2.45, 2.75) is 43.8 Å². The molecule has 0 amide bonds. The van der Waals surface area contributed by atoms with Gasteiger partial charge < -0.3 is 9.84 Å². The topological polar surface area (TPSA) is 29.5 Å². The molecule has 2 atom stereocenters. The van der Waals surface area contributed by atoms with Gasteiger partial charge in [-0.3, -0.25) is 0 Å². The van der Waals surface area contributed by atoms with E-state index in [1.165, 1.54) is 17.5 Å². The molecule has 0 unspecified atom stereocenters. The molecule has 1 aliphatic carbocycles. The van der Waals surface area contributed by atoms with Gasteiger partial charge in [0.05, 0.1) is 19.3 Å². The molecule has 116 valence electrons. The average Bonchev–Trinajstić information content (AvgIpc) is 2.62. The van der Waals surface area contributed by atoms with E-state index < -0.39 is 0 Å². The lowest BCUT2D eigenvalue weighted by molar-refractivity contribution is -0.0578. The molecule has 0 radical (unpaired) electrons. The van der Waals surface area contributed by atoms with Crippen LogP contribution in [-0.2, 0) is 16.8 Å². The maximum Gasteiger partial charge on any atom is 0.0721 e. The number of aliphatic hydroxyl groups excluding tert-OH is 1. The molecule has 1 saturated carbocycles. The highest BCUT2D eigenvalue weighted by Crippen LogP contribution is 2.41. The quantitative estimate of drug-likeness (QED) is 0.901. The summed E-state index contributed by atoms with van der Waals surface area (Å²) in [6, 6.07) is 20.7. The van der Waals surface area contributed by atoms with Crippen molar-refractivity contribution in [3.05, 3.63) is 71.8 Å². The van der Waals surface area contributed by atoms with E-state index in [4.69, 9.17) is 4.74 Å². The lowest BCUT2D eigenvalue weighted by Crippen LogP contribution is -2.46. The summed E-state index contributed by atoms with van der Waals surface area (Å²) in [5.74, 6) is 0. The van der Waals surface area contributed by atoms with Crippen molar-refractivity contribution in [3.8, 4) is 0 Å². The fraction of sp³-hybridized carbons (Fsp3) is 0.400. The number of rotatable bonds is 5.